The number of nitrogens with one attached hydrogen (secondary N) is 2. The molecule has 0 bridgehead atoms. The van der Waals surface area contributed by atoms with E-state index in [1.54, 1.807) is 6.07 Å². The zero-order chi connectivity index (χ0) is 11.4. The summed E-state index contributed by atoms with van der Waals surface area (Å²) in [5.41, 5.74) is 0.909. The minimum Gasteiger partial charge on any atom is -0.306 e. The summed E-state index contributed by atoms with van der Waals surface area (Å²) < 4.78 is 12.9. The Bertz CT molecular complexity index is 467. The van der Waals surface area contributed by atoms with Crippen LogP contribution >= 0.6 is 0 Å². The topological polar surface area (TPSA) is 53.6 Å². The molecule has 0 unspecified atom stereocenters. The van der Waals surface area contributed by atoms with Gasteiger partial charge in [-0.15, -0.1) is 0 Å². The number of nitrogens with zero attached hydrogens (tertiary/aromatic N) is 2. The third-order valence-electron chi connectivity index (χ3n) is 2.14. The molecule has 0 spiro atoms. The van der Waals surface area contributed by atoms with E-state index in [9.17, 15) is 4.39 Å². The molecule has 2 N–H and O–H groups in total. The lowest BCUT2D eigenvalue weighted by molar-refractivity contribution is 0.617. The molecule has 4 nitrogen and oxygen atoms in total. The van der Waals surface area contributed by atoms with Gasteiger partial charge in [0.25, 0.3) is 0 Å². The van der Waals surface area contributed by atoms with Gasteiger partial charge in [0, 0.05) is 6.54 Å². The van der Waals surface area contributed by atoms with Crippen molar-refractivity contribution in [1.82, 2.24) is 20.5 Å². The molecule has 0 atom stereocenters. The number of hydrogen-bond donors (Lipinski definition) is 2. The zero-order valence-corrected chi connectivity index (χ0v) is 9.00. The molecule has 1 aromatic carbocycles. The van der Waals surface area contributed by atoms with Crippen LogP contribution in [0.1, 0.15) is 17.2 Å². The number of aromatic amines is 1. The Morgan fingerprint density at radius 2 is 2.25 bits per heavy atom. The molecule has 1 heterocycles. The molecular formula is C11H13FN4. The van der Waals surface area contributed by atoms with E-state index in [1.807, 2.05) is 13.0 Å². The van der Waals surface area contributed by atoms with Gasteiger partial charge in [-0.05, 0) is 24.6 Å². The number of aryl methyl sites for hydroxylation is 1. The number of benzene rings is 1. The predicted molar refractivity (Wildman–Crippen MR) is 58.1 cm³/mol. The second kappa shape index (κ2) is 4.85. The molecule has 16 heavy (non-hydrogen) atoms. The second-order valence-corrected chi connectivity index (χ2v) is 3.57. The van der Waals surface area contributed by atoms with Crippen molar-refractivity contribution in [2.75, 3.05) is 0 Å². The van der Waals surface area contributed by atoms with E-state index < -0.39 is 0 Å². The van der Waals surface area contributed by atoms with Gasteiger partial charge in [-0.3, -0.25) is 5.10 Å². The van der Waals surface area contributed by atoms with Crippen molar-refractivity contribution in [3.63, 3.8) is 0 Å². The van der Waals surface area contributed by atoms with Crippen molar-refractivity contribution in [2.24, 2.45) is 0 Å². The van der Waals surface area contributed by atoms with Gasteiger partial charge in [-0.2, -0.15) is 5.10 Å². The number of halogens is 1. The van der Waals surface area contributed by atoms with Crippen molar-refractivity contribution in [3.05, 3.63) is 47.3 Å². The van der Waals surface area contributed by atoms with Crippen molar-refractivity contribution < 1.29 is 4.39 Å². The van der Waals surface area contributed by atoms with Crippen LogP contribution in [0.15, 0.2) is 24.3 Å². The van der Waals surface area contributed by atoms with E-state index in [0.29, 0.717) is 18.9 Å². The summed E-state index contributed by atoms with van der Waals surface area (Å²) in [5, 5.41) is 9.90. The number of rotatable bonds is 4. The fourth-order valence-corrected chi connectivity index (χ4v) is 1.43. The van der Waals surface area contributed by atoms with Gasteiger partial charge >= 0.3 is 0 Å². The average Bonchev–Trinajstić information content (AvgIpc) is 2.64. The molecule has 0 aliphatic rings. The summed E-state index contributed by atoms with van der Waals surface area (Å²) in [6, 6.07) is 6.51. The smallest absolute Gasteiger partial charge is 0.164 e. The first-order valence-electron chi connectivity index (χ1n) is 5.07. The minimum atomic E-state index is -0.215. The lowest BCUT2D eigenvalue weighted by Crippen LogP contribution is -2.13. The van der Waals surface area contributed by atoms with E-state index in [0.717, 1.165) is 11.4 Å². The Morgan fingerprint density at radius 3 is 2.94 bits per heavy atom. The van der Waals surface area contributed by atoms with Gasteiger partial charge in [0.1, 0.15) is 11.6 Å². The molecule has 84 valence electrons. The Morgan fingerprint density at radius 1 is 1.38 bits per heavy atom. The summed E-state index contributed by atoms with van der Waals surface area (Å²) in [5.74, 6) is 1.30. The fourth-order valence-electron chi connectivity index (χ4n) is 1.43. The van der Waals surface area contributed by atoms with E-state index in [1.165, 1.54) is 12.1 Å². The fraction of sp³-hybridized carbons (Fsp3) is 0.273. The Balaban J connectivity index is 1.84. The van der Waals surface area contributed by atoms with Crippen LogP contribution in [0.25, 0.3) is 0 Å². The quantitative estimate of drug-likeness (QED) is 0.821. The van der Waals surface area contributed by atoms with Gasteiger partial charge in [0.05, 0.1) is 6.54 Å². The number of hydrogen-bond acceptors (Lipinski definition) is 3. The summed E-state index contributed by atoms with van der Waals surface area (Å²) in [4.78, 5) is 4.16. The van der Waals surface area contributed by atoms with Crippen LogP contribution in [0, 0.1) is 12.7 Å². The minimum absolute atomic E-state index is 0.215. The highest BCUT2D eigenvalue weighted by molar-refractivity contribution is 5.15. The standard InChI is InChI=1S/C11H13FN4/c1-8-14-11(16-15-8)7-13-6-9-3-2-4-10(12)5-9/h2-5,13H,6-7H2,1H3,(H,14,15,16). The van der Waals surface area contributed by atoms with E-state index in [-0.39, 0.29) is 5.82 Å². The highest BCUT2D eigenvalue weighted by atomic mass is 19.1. The van der Waals surface area contributed by atoms with Crippen LogP contribution in [0.5, 0.6) is 0 Å². The molecular weight excluding hydrogens is 207 g/mol. The van der Waals surface area contributed by atoms with Crippen LogP contribution in [0.4, 0.5) is 4.39 Å². The van der Waals surface area contributed by atoms with Gasteiger partial charge in [0.15, 0.2) is 5.82 Å². The van der Waals surface area contributed by atoms with Crippen LogP contribution in [-0.4, -0.2) is 15.2 Å². The van der Waals surface area contributed by atoms with Crippen molar-refractivity contribution >= 4 is 0 Å². The monoisotopic (exact) mass is 220 g/mol. The van der Waals surface area contributed by atoms with Crippen molar-refractivity contribution in [2.45, 2.75) is 20.0 Å². The Hall–Kier alpha value is -1.75. The van der Waals surface area contributed by atoms with Crippen LogP contribution in [0.3, 0.4) is 0 Å². The SMILES string of the molecule is Cc1nc(CNCc2cccc(F)c2)n[nH]1. The molecule has 0 aliphatic carbocycles. The summed E-state index contributed by atoms with van der Waals surface area (Å²) in [7, 11) is 0. The predicted octanol–water partition coefficient (Wildman–Crippen LogP) is 1.54. The molecule has 5 heteroatoms. The molecule has 0 saturated heterocycles. The first-order chi connectivity index (χ1) is 7.74. The molecule has 0 aliphatic heterocycles. The lowest BCUT2D eigenvalue weighted by atomic mass is 10.2. The number of H-pyrrole nitrogens is 1. The summed E-state index contributed by atoms with van der Waals surface area (Å²) >= 11 is 0. The van der Waals surface area contributed by atoms with E-state index in [2.05, 4.69) is 20.5 Å². The molecule has 0 saturated carbocycles. The lowest BCUT2D eigenvalue weighted by Gasteiger charge is -2.02. The third-order valence-corrected chi connectivity index (χ3v) is 2.14. The average molecular weight is 220 g/mol. The van der Waals surface area contributed by atoms with Gasteiger partial charge in [-0.25, -0.2) is 9.37 Å². The highest BCUT2D eigenvalue weighted by Gasteiger charge is 1.99. The molecule has 0 amide bonds. The number of aromatic nitrogens is 3. The van der Waals surface area contributed by atoms with Crippen LogP contribution in [0.2, 0.25) is 0 Å². The Kier molecular flexibility index (Phi) is 3.26. The zero-order valence-electron chi connectivity index (χ0n) is 9.00. The normalized spacial score (nSPS) is 10.6. The maximum absolute atomic E-state index is 12.9. The second-order valence-electron chi connectivity index (χ2n) is 3.57. The maximum Gasteiger partial charge on any atom is 0.164 e. The molecule has 0 radical (unpaired) electrons. The van der Waals surface area contributed by atoms with Crippen LogP contribution in [-0.2, 0) is 13.1 Å². The molecule has 1 aromatic heterocycles. The summed E-state index contributed by atoms with van der Waals surface area (Å²) in [6.45, 7) is 3.02. The first kappa shape index (κ1) is 10.8. The van der Waals surface area contributed by atoms with Crippen molar-refractivity contribution in [1.29, 1.82) is 0 Å². The largest absolute Gasteiger partial charge is 0.306 e. The summed E-state index contributed by atoms with van der Waals surface area (Å²) in [6.07, 6.45) is 0. The first-order valence-corrected chi connectivity index (χ1v) is 5.07. The highest BCUT2D eigenvalue weighted by Crippen LogP contribution is 2.03. The molecule has 0 fully saturated rings. The van der Waals surface area contributed by atoms with E-state index >= 15 is 0 Å². The molecule has 2 aromatic rings. The third kappa shape index (κ3) is 2.87. The van der Waals surface area contributed by atoms with Gasteiger partial charge in [0.2, 0.25) is 0 Å². The van der Waals surface area contributed by atoms with Gasteiger partial charge < -0.3 is 5.32 Å². The molecule has 2 rings (SSSR count). The van der Waals surface area contributed by atoms with Crippen LogP contribution < -0.4 is 5.32 Å². The van der Waals surface area contributed by atoms with Gasteiger partial charge in [-0.1, -0.05) is 12.1 Å². The Labute approximate surface area is 92.9 Å². The van der Waals surface area contributed by atoms with Crippen molar-refractivity contribution in [3.8, 4) is 0 Å². The van der Waals surface area contributed by atoms with E-state index in [4.69, 9.17) is 0 Å². The maximum atomic E-state index is 12.9.